The summed E-state index contributed by atoms with van der Waals surface area (Å²) in [6, 6.07) is 6.33. The van der Waals surface area contributed by atoms with Crippen molar-refractivity contribution in [3.63, 3.8) is 0 Å². The SMILES string of the molecule is CN(C)/C=C/c1cc(C(F)(F)F)n(-c2ccc(F)cc2)c(=O)c1C#N. The van der Waals surface area contributed by atoms with Crippen molar-refractivity contribution >= 4 is 6.08 Å². The molecule has 0 saturated heterocycles. The molecule has 0 amide bonds. The van der Waals surface area contributed by atoms with Gasteiger partial charge in [0.25, 0.3) is 5.56 Å². The van der Waals surface area contributed by atoms with Crippen molar-refractivity contribution in [2.45, 2.75) is 6.18 Å². The van der Waals surface area contributed by atoms with E-state index in [4.69, 9.17) is 0 Å². The summed E-state index contributed by atoms with van der Waals surface area (Å²) in [6.45, 7) is 0. The fourth-order valence-corrected chi connectivity index (χ4v) is 2.16. The first-order chi connectivity index (χ1) is 11.6. The number of rotatable bonds is 3. The maximum atomic E-state index is 13.5. The third-order valence-corrected chi connectivity index (χ3v) is 3.28. The van der Waals surface area contributed by atoms with Gasteiger partial charge in [0.05, 0.1) is 0 Å². The molecular weight excluding hydrogens is 338 g/mol. The topological polar surface area (TPSA) is 49.0 Å². The molecule has 1 aromatic carbocycles. The monoisotopic (exact) mass is 351 g/mol. The van der Waals surface area contributed by atoms with Crippen LogP contribution in [0.2, 0.25) is 0 Å². The zero-order valence-electron chi connectivity index (χ0n) is 13.3. The summed E-state index contributed by atoms with van der Waals surface area (Å²) >= 11 is 0. The molecule has 0 aliphatic carbocycles. The molecule has 0 saturated carbocycles. The first-order valence-corrected chi connectivity index (χ1v) is 7.03. The Balaban J connectivity index is 2.85. The predicted octanol–water partition coefficient (Wildman–Crippen LogP) is 3.40. The van der Waals surface area contributed by atoms with E-state index < -0.39 is 28.8 Å². The van der Waals surface area contributed by atoms with Gasteiger partial charge in [-0.2, -0.15) is 18.4 Å². The third-order valence-electron chi connectivity index (χ3n) is 3.28. The maximum Gasteiger partial charge on any atom is 0.431 e. The minimum Gasteiger partial charge on any atom is -0.383 e. The van der Waals surface area contributed by atoms with E-state index in [-0.39, 0.29) is 11.3 Å². The van der Waals surface area contributed by atoms with Gasteiger partial charge in [-0.1, -0.05) is 0 Å². The molecule has 0 fully saturated rings. The van der Waals surface area contributed by atoms with Crippen LogP contribution in [0.15, 0.2) is 41.3 Å². The summed E-state index contributed by atoms with van der Waals surface area (Å²) in [6.07, 6.45) is -2.16. The number of nitrogens with zero attached hydrogens (tertiary/aromatic N) is 3. The Kier molecular flexibility index (Phi) is 4.97. The highest BCUT2D eigenvalue weighted by atomic mass is 19.4. The van der Waals surface area contributed by atoms with E-state index in [9.17, 15) is 27.6 Å². The highest BCUT2D eigenvalue weighted by Gasteiger charge is 2.36. The van der Waals surface area contributed by atoms with Crippen LogP contribution in [-0.2, 0) is 6.18 Å². The normalized spacial score (nSPS) is 11.6. The molecule has 4 nitrogen and oxygen atoms in total. The summed E-state index contributed by atoms with van der Waals surface area (Å²) in [4.78, 5) is 14.1. The smallest absolute Gasteiger partial charge is 0.383 e. The average Bonchev–Trinajstić information content (AvgIpc) is 2.52. The van der Waals surface area contributed by atoms with Crippen LogP contribution in [0.25, 0.3) is 11.8 Å². The molecule has 0 bridgehead atoms. The van der Waals surface area contributed by atoms with Gasteiger partial charge in [-0.05, 0) is 42.6 Å². The third kappa shape index (κ3) is 3.88. The summed E-state index contributed by atoms with van der Waals surface area (Å²) in [7, 11) is 3.29. The molecule has 0 N–H and O–H groups in total. The fourth-order valence-electron chi connectivity index (χ4n) is 2.16. The molecule has 1 aromatic heterocycles. The second-order valence-corrected chi connectivity index (χ2v) is 5.37. The Hall–Kier alpha value is -3.08. The van der Waals surface area contributed by atoms with Crippen LogP contribution in [0.5, 0.6) is 0 Å². The van der Waals surface area contributed by atoms with Crippen LogP contribution in [0.3, 0.4) is 0 Å². The quantitative estimate of drug-likeness (QED) is 0.797. The number of hydrogen-bond acceptors (Lipinski definition) is 3. The molecule has 2 aromatic rings. The van der Waals surface area contributed by atoms with Gasteiger partial charge in [0.2, 0.25) is 0 Å². The largest absolute Gasteiger partial charge is 0.431 e. The van der Waals surface area contributed by atoms with Crippen LogP contribution < -0.4 is 5.56 Å². The lowest BCUT2D eigenvalue weighted by molar-refractivity contribution is -0.142. The van der Waals surface area contributed by atoms with E-state index >= 15 is 0 Å². The van der Waals surface area contributed by atoms with Crippen molar-refractivity contribution in [1.82, 2.24) is 9.47 Å². The highest BCUT2D eigenvalue weighted by molar-refractivity contribution is 5.59. The number of hydrogen-bond donors (Lipinski definition) is 0. The van der Waals surface area contributed by atoms with Crippen LogP contribution >= 0.6 is 0 Å². The molecule has 8 heteroatoms. The molecule has 0 aliphatic rings. The van der Waals surface area contributed by atoms with Gasteiger partial charge in [-0.3, -0.25) is 9.36 Å². The van der Waals surface area contributed by atoms with Gasteiger partial charge in [0.15, 0.2) is 0 Å². The lowest BCUT2D eigenvalue weighted by Crippen LogP contribution is -2.29. The van der Waals surface area contributed by atoms with Crippen molar-refractivity contribution < 1.29 is 17.6 Å². The average molecular weight is 351 g/mol. The summed E-state index contributed by atoms with van der Waals surface area (Å²) in [5.74, 6) is -0.656. The standard InChI is InChI=1S/C17H13F4N3O/c1-23(2)8-7-11-9-15(17(19,20)21)24(16(25)14(11)10-22)13-5-3-12(18)4-6-13/h3-9H,1-2H3/b8-7+. The van der Waals surface area contributed by atoms with E-state index in [1.165, 1.54) is 12.3 Å². The van der Waals surface area contributed by atoms with Crippen LogP contribution in [0.4, 0.5) is 17.6 Å². The van der Waals surface area contributed by atoms with Gasteiger partial charge in [0, 0.05) is 25.3 Å². The highest BCUT2D eigenvalue weighted by Crippen LogP contribution is 2.31. The zero-order chi connectivity index (χ0) is 18.8. The summed E-state index contributed by atoms with van der Waals surface area (Å²) in [5.41, 5.74) is -3.13. The summed E-state index contributed by atoms with van der Waals surface area (Å²) < 4.78 is 53.8. The molecule has 0 radical (unpaired) electrons. The van der Waals surface area contributed by atoms with Gasteiger partial charge in [0.1, 0.15) is 23.1 Å². The predicted molar refractivity (Wildman–Crippen MR) is 84.4 cm³/mol. The van der Waals surface area contributed by atoms with E-state index in [0.29, 0.717) is 4.57 Å². The molecule has 25 heavy (non-hydrogen) atoms. The van der Waals surface area contributed by atoms with Gasteiger partial charge in [-0.25, -0.2) is 4.39 Å². The van der Waals surface area contributed by atoms with Crippen molar-refractivity contribution in [3.05, 3.63) is 69.5 Å². The number of nitriles is 1. The van der Waals surface area contributed by atoms with E-state index in [2.05, 4.69) is 0 Å². The Bertz CT molecular complexity index is 904. The second-order valence-electron chi connectivity index (χ2n) is 5.37. The van der Waals surface area contributed by atoms with Crippen molar-refractivity contribution in [3.8, 4) is 11.8 Å². The Labute approximate surface area is 140 Å². The Morgan fingerprint density at radius 3 is 2.28 bits per heavy atom. The minimum atomic E-state index is -4.85. The molecule has 0 unspecified atom stereocenters. The van der Waals surface area contributed by atoms with Gasteiger partial charge >= 0.3 is 6.18 Å². The van der Waals surface area contributed by atoms with Crippen molar-refractivity contribution in [2.24, 2.45) is 0 Å². The molecule has 1 heterocycles. The fraction of sp³-hybridized carbons (Fsp3) is 0.176. The van der Waals surface area contributed by atoms with Crippen LogP contribution in [0.1, 0.15) is 16.8 Å². The molecule has 0 atom stereocenters. The number of halogens is 4. The van der Waals surface area contributed by atoms with E-state index in [0.717, 1.165) is 30.3 Å². The maximum absolute atomic E-state index is 13.5. The summed E-state index contributed by atoms with van der Waals surface area (Å²) in [5, 5.41) is 9.22. The number of benzene rings is 1. The molecule has 0 aliphatic heterocycles. The number of pyridine rings is 1. The minimum absolute atomic E-state index is 0.146. The Morgan fingerprint density at radius 1 is 1.20 bits per heavy atom. The molecule has 0 spiro atoms. The van der Waals surface area contributed by atoms with Gasteiger partial charge < -0.3 is 4.90 Å². The first kappa shape index (κ1) is 18.3. The van der Waals surface area contributed by atoms with Crippen molar-refractivity contribution in [2.75, 3.05) is 14.1 Å². The molecule has 130 valence electrons. The van der Waals surface area contributed by atoms with Crippen molar-refractivity contribution in [1.29, 1.82) is 5.26 Å². The first-order valence-electron chi connectivity index (χ1n) is 7.03. The Morgan fingerprint density at radius 2 is 1.80 bits per heavy atom. The second kappa shape index (κ2) is 6.81. The van der Waals surface area contributed by atoms with Crippen LogP contribution in [0, 0.1) is 17.1 Å². The van der Waals surface area contributed by atoms with Gasteiger partial charge in [-0.15, -0.1) is 0 Å². The lowest BCUT2D eigenvalue weighted by atomic mass is 10.1. The van der Waals surface area contributed by atoms with E-state index in [1.807, 2.05) is 0 Å². The van der Waals surface area contributed by atoms with E-state index in [1.54, 1.807) is 25.1 Å². The molecular formula is C17H13F4N3O. The zero-order valence-corrected chi connectivity index (χ0v) is 13.3. The molecule has 2 rings (SSSR count). The van der Waals surface area contributed by atoms with Crippen LogP contribution in [-0.4, -0.2) is 23.6 Å². The number of aromatic nitrogens is 1. The number of alkyl halides is 3. The lowest BCUT2D eigenvalue weighted by Gasteiger charge is -2.17.